The second kappa shape index (κ2) is 10.8. The quantitative estimate of drug-likeness (QED) is 0.261. The van der Waals surface area contributed by atoms with Crippen molar-refractivity contribution in [1.82, 2.24) is 0 Å². The average Bonchev–Trinajstić information content (AvgIpc) is 2.70. The van der Waals surface area contributed by atoms with Crippen molar-refractivity contribution in [2.75, 3.05) is 0 Å². The van der Waals surface area contributed by atoms with Gasteiger partial charge in [0.15, 0.2) is 24.8 Å². The Hall–Kier alpha value is -2.29. The van der Waals surface area contributed by atoms with E-state index in [-0.39, 0.29) is 10.9 Å². The average molecular weight is 469 g/mol. The van der Waals surface area contributed by atoms with Crippen molar-refractivity contribution < 1.29 is 26.1 Å². The van der Waals surface area contributed by atoms with Gasteiger partial charge in [-0.25, -0.2) is 8.42 Å². The minimum atomic E-state index is -6.09. The molecule has 0 heterocycles. The van der Waals surface area contributed by atoms with Crippen LogP contribution in [0.15, 0.2) is 99.6 Å². The van der Waals surface area contributed by atoms with Gasteiger partial charge in [0.2, 0.25) is 0 Å². The molecule has 0 fully saturated rings. The van der Waals surface area contributed by atoms with Gasteiger partial charge in [0.05, 0.1) is 10.9 Å². The number of hydrogen-bond acceptors (Lipinski definition) is 3. The number of alkyl halides is 3. The summed E-state index contributed by atoms with van der Waals surface area (Å²) in [6, 6.07) is 30.8. The Morgan fingerprint density at radius 2 is 1.13 bits per heavy atom. The van der Waals surface area contributed by atoms with Crippen molar-refractivity contribution in [2.24, 2.45) is 5.92 Å². The van der Waals surface area contributed by atoms with Crippen molar-refractivity contribution in [2.45, 2.75) is 40.5 Å². The Bertz CT molecular complexity index is 995. The molecule has 0 radical (unpaired) electrons. The lowest BCUT2D eigenvalue weighted by Crippen LogP contribution is -2.21. The van der Waals surface area contributed by atoms with E-state index in [1.807, 2.05) is 0 Å². The molecule has 0 saturated heterocycles. The minimum Gasteiger partial charge on any atom is -0.741 e. The molecule has 3 aromatic rings. The van der Waals surface area contributed by atoms with E-state index in [2.05, 4.69) is 98.8 Å². The molecule has 8 heteroatoms. The Balaban J connectivity index is 0.000000366. The summed E-state index contributed by atoms with van der Waals surface area (Å²) in [6.07, 6.45) is 1.14. The van der Waals surface area contributed by atoms with Crippen LogP contribution in [0.1, 0.15) is 19.4 Å². The smallest absolute Gasteiger partial charge is 0.485 e. The zero-order chi connectivity index (χ0) is 23.1. The van der Waals surface area contributed by atoms with Crippen molar-refractivity contribution in [3.63, 3.8) is 0 Å². The second-order valence-electron chi connectivity index (χ2n) is 7.07. The fraction of sp³-hybridized carbons (Fsp3) is 0.217. The van der Waals surface area contributed by atoms with Gasteiger partial charge in [-0.2, -0.15) is 13.2 Å². The van der Waals surface area contributed by atoms with Gasteiger partial charge in [-0.1, -0.05) is 62.4 Å². The summed E-state index contributed by atoms with van der Waals surface area (Å²) in [5.74, 6) is 0.697. The lowest BCUT2D eigenvalue weighted by Gasteiger charge is -2.09. The summed E-state index contributed by atoms with van der Waals surface area (Å²) in [6.45, 7) is 4.54. The molecule has 0 aliphatic rings. The fourth-order valence-electron chi connectivity index (χ4n) is 2.75. The topological polar surface area (TPSA) is 57.2 Å². The molecule has 0 aliphatic heterocycles. The van der Waals surface area contributed by atoms with Crippen molar-refractivity contribution >= 4 is 21.0 Å². The first-order valence-electron chi connectivity index (χ1n) is 9.44. The number of hydrogen-bond donors (Lipinski definition) is 0. The molecule has 0 N–H and O–H groups in total. The van der Waals surface area contributed by atoms with E-state index in [1.54, 1.807) is 0 Å². The highest BCUT2D eigenvalue weighted by Crippen LogP contribution is 2.31. The molecular formula is C23H23F3O3S2. The van der Waals surface area contributed by atoms with Crippen molar-refractivity contribution in [1.29, 1.82) is 0 Å². The van der Waals surface area contributed by atoms with E-state index < -0.39 is 15.6 Å². The molecule has 0 spiro atoms. The van der Waals surface area contributed by atoms with Crippen LogP contribution in [0.2, 0.25) is 0 Å². The molecule has 3 aromatic carbocycles. The maximum atomic E-state index is 10.7. The van der Waals surface area contributed by atoms with Crippen LogP contribution in [0, 0.1) is 5.92 Å². The van der Waals surface area contributed by atoms with Crippen LogP contribution in [0.25, 0.3) is 0 Å². The highest BCUT2D eigenvalue weighted by atomic mass is 32.2. The molecule has 166 valence electrons. The third-order valence-corrected chi connectivity index (χ3v) is 6.84. The summed E-state index contributed by atoms with van der Waals surface area (Å²) >= 11 is 0. The summed E-state index contributed by atoms with van der Waals surface area (Å²) in [7, 11) is -6.13. The van der Waals surface area contributed by atoms with Gasteiger partial charge in [-0.15, -0.1) is 0 Å². The van der Waals surface area contributed by atoms with Crippen LogP contribution >= 0.6 is 0 Å². The Kier molecular flexibility index (Phi) is 8.73. The molecule has 0 saturated carbocycles. The van der Waals surface area contributed by atoms with E-state index in [0.717, 1.165) is 6.42 Å². The monoisotopic (exact) mass is 468 g/mol. The first-order valence-corrected chi connectivity index (χ1v) is 12.1. The summed E-state index contributed by atoms with van der Waals surface area (Å²) < 4.78 is 58.9. The summed E-state index contributed by atoms with van der Waals surface area (Å²) in [5.41, 5.74) is -4.22. The van der Waals surface area contributed by atoms with Crippen LogP contribution in [-0.4, -0.2) is 18.5 Å². The minimum absolute atomic E-state index is 0.0356. The molecule has 31 heavy (non-hydrogen) atoms. The highest BCUT2D eigenvalue weighted by molar-refractivity contribution is 7.97. The van der Waals surface area contributed by atoms with Crippen molar-refractivity contribution in [3.05, 3.63) is 90.5 Å². The number of benzene rings is 3. The predicted molar refractivity (Wildman–Crippen MR) is 116 cm³/mol. The standard InChI is InChI=1S/C22H23S.CHF3O3S/c1-18(2)17-19-13-15-22(16-14-19)23(20-9-5-3-6-10-20)21-11-7-4-8-12-21;2-1(3,4)8(5,6)7/h3-16,18H,17H2,1-2H3;(H,5,6,7)/q+1;/p-1. The van der Waals surface area contributed by atoms with Crippen LogP contribution in [-0.2, 0) is 27.4 Å². The SMILES string of the molecule is CC(C)Cc1ccc([S+](c2ccccc2)c2ccccc2)cc1.O=S(=O)([O-])C(F)(F)F. The van der Waals surface area contributed by atoms with E-state index in [4.69, 9.17) is 13.0 Å². The number of rotatable bonds is 5. The molecule has 0 aromatic heterocycles. The van der Waals surface area contributed by atoms with Gasteiger partial charge < -0.3 is 4.55 Å². The maximum absolute atomic E-state index is 10.7. The molecule has 0 aliphatic carbocycles. The van der Waals surface area contributed by atoms with Gasteiger partial charge in [-0.05, 0) is 54.3 Å². The largest absolute Gasteiger partial charge is 0.741 e. The lowest BCUT2D eigenvalue weighted by molar-refractivity contribution is -0.0517. The van der Waals surface area contributed by atoms with Gasteiger partial charge in [0.25, 0.3) is 0 Å². The first-order chi connectivity index (χ1) is 14.5. The highest BCUT2D eigenvalue weighted by Gasteiger charge is 2.37. The van der Waals surface area contributed by atoms with Crippen molar-refractivity contribution in [3.8, 4) is 0 Å². The summed E-state index contributed by atoms with van der Waals surface area (Å²) in [4.78, 5) is 4.13. The molecule has 0 unspecified atom stereocenters. The fourth-order valence-corrected chi connectivity index (χ4v) is 4.84. The Labute approximate surface area is 184 Å². The van der Waals surface area contributed by atoms with E-state index in [1.165, 1.54) is 20.2 Å². The second-order valence-corrected chi connectivity index (χ2v) is 10.5. The molecule has 3 nitrogen and oxygen atoms in total. The third-order valence-electron chi connectivity index (χ3n) is 4.04. The molecule has 0 atom stereocenters. The maximum Gasteiger partial charge on any atom is 0.485 e. The normalized spacial score (nSPS) is 11.9. The van der Waals surface area contributed by atoms with E-state index in [0.29, 0.717) is 5.92 Å². The Morgan fingerprint density at radius 1 is 0.774 bits per heavy atom. The zero-order valence-electron chi connectivity index (χ0n) is 17.0. The van der Waals surface area contributed by atoms with E-state index in [9.17, 15) is 13.2 Å². The molecule has 3 rings (SSSR count). The first kappa shape index (κ1) is 25.0. The van der Waals surface area contributed by atoms with Gasteiger partial charge in [0.1, 0.15) is 0 Å². The predicted octanol–water partition coefficient (Wildman–Crippen LogP) is 6.03. The molecule has 0 bridgehead atoms. The molecule has 0 amide bonds. The van der Waals surface area contributed by atoms with Gasteiger partial charge >= 0.3 is 5.51 Å². The molecular weight excluding hydrogens is 445 g/mol. The van der Waals surface area contributed by atoms with Gasteiger partial charge in [0, 0.05) is 0 Å². The number of halogens is 3. The third kappa shape index (κ3) is 7.72. The van der Waals surface area contributed by atoms with Gasteiger partial charge in [-0.3, -0.25) is 0 Å². The van der Waals surface area contributed by atoms with Crippen LogP contribution in [0.5, 0.6) is 0 Å². The zero-order valence-corrected chi connectivity index (χ0v) is 18.7. The Morgan fingerprint density at radius 3 is 1.45 bits per heavy atom. The van der Waals surface area contributed by atoms with Crippen LogP contribution in [0.3, 0.4) is 0 Å². The summed E-state index contributed by atoms with van der Waals surface area (Å²) in [5, 5.41) is 0. The van der Waals surface area contributed by atoms with Crippen LogP contribution in [0.4, 0.5) is 13.2 Å². The lowest BCUT2D eigenvalue weighted by atomic mass is 10.0. The van der Waals surface area contributed by atoms with Crippen LogP contribution < -0.4 is 0 Å². The van der Waals surface area contributed by atoms with E-state index >= 15 is 0 Å².